The third-order valence-electron chi connectivity index (χ3n) is 4.87. The van der Waals surface area contributed by atoms with Crippen molar-refractivity contribution in [3.05, 3.63) is 64.8 Å². The number of amides is 1. The topological polar surface area (TPSA) is 72.3 Å². The van der Waals surface area contributed by atoms with Gasteiger partial charge in [0.15, 0.2) is 9.84 Å². The molecule has 0 saturated carbocycles. The van der Waals surface area contributed by atoms with Crippen LogP contribution in [0, 0.1) is 5.92 Å². The molecule has 0 saturated heterocycles. The maximum Gasteiger partial charge on any atom is 0.223 e. The number of carbonyl (C=O) groups is 1. The first kappa shape index (κ1) is 17.0. The number of hydrogen-bond acceptors (Lipinski definition) is 4. The van der Waals surface area contributed by atoms with Crippen LogP contribution < -0.4 is 0 Å². The van der Waals surface area contributed by atoms with Crippen molar-refractivity contribution in [2.45, 2.75) is 25.9 Å². The zero-order valence-corrected chi connectivity index (χ0v) is 15.2. The lowest BCUT2D eigenvalue weighted by Crippen LogP contribution is -2.39. The predicted molar refractivity (Wildman–Crippen MR) is 97.9 cm³/mol. The van der Waals surface area contributed by atoms with Crippen molar-refractivity contribution in [1.82, 2.24) is 14.7 Å². The summed E-state index contributed by atoms with van der Waals surface area (Å²) in [5, 5.41) is 5.88. The molecule has 136 valence electrons. The van der Waals surface area contributed by atoms with Gasteiger partial charge in [-0.15, -0.1) is 0 Å². The quantitative estimate of drug-likeness (QED) is 0.821. The summed E-state index contributed by atoms with van der Waals surface area (Å²) in [6.07, 6.45) is 2.67. The van der Waals surface area contributed by atoms with E-state index in [0.717, 1.165) is 17.8 Å². The third kappa shape index (κ3) is 3.72. The molecule has 1 amide bonds. The highest BCUT2D eigenvalue weighted by Gasteiger charge is 2.28. The van der Waals surface area contributed by atoms with Crippen molar-refractivity contribution < 1.29 is 13.2 Å². The molecule has 3 heterocycles. The second kappa shape index (κ2) is 6.72. The zero-order valence-electron chi connectivity index (χ0n) is 14.4. The lowest BCUT2D eigenvalue weighted by molar-refractivity contribution is -0.133. The first-order valence-corrected chi connectivity index (χ1v) is 10.5. The van der Waals surface area contributed by atoms with Gasteiger partial charge in [0.1, 0.15) is 0 Å². The standard InChI is InChI=1S/C19H21N3O3S/c23-19(11-16-6-9-26(24,25)14-16)21-7-8-22-18(13-21)12-17(20-22)10-15-4-2-1-3-5-15/h1-6,9,12,16H,7-8,10-11,13-14H2. The van der Waals surface area contributed by atoms with Crippen LogP contribution in [-0.4, -0.2) is 41.3 Å². The molecule has 2 aromatic rings. The fourth-order valence-electron chi connectivity index (χ4n) is 3.55. The van der Waals surface area contributed by atoms with Gasteiger partial charge < -0.3 is 4.90 Å². The van der Waals surface area contributed by atoms with Gasteiger partial charge in [-0.3, -0.25) is 9.48 Å². The van der Waals surface area contributed by atoms with Crippen molar-refractivity contribution >= 4 is 15.7 Å². The van der Waals surface area contributed by atoms with E-state index in [-0.39, 0.29) is 24.0 Å². The fraction of sp³-hybridized carbons (Fsp3) is 0.368. The number of aromatic nitrogens is 2. The number of hydrogen-bond donors (Lipinski definition) is 0. The smallest absolute Gasteiger partial charge is 0.223 e. The Kier molecular flexibility index (Phi) is 4.40. The number of carbonyl (C=O) groups excluding carboxylic acids is 1. The summed E-state index contributed by atoms with van der Waals surface area (Å²) < 4.78 is 25.0. The van der Waals surface area contributed by atoms with Crippen LogP contribution in [-0.2, 0) is 34.1 Å². The van der Waals surface area contributed by atoms with Crippen LogP contribution >= 0.6 is 0 Å². The van der Waals surface area contributed by atoms with E-state index in [4.69, 9.17) is 0 Å². The number of allylic oxidation sites excluding steroid dienone is 1. The van der Waals surface area contributed by atoms with Gasteiger partial charge in [-0.1, -0.05) is 36.4 Å². The molecule has 7 heteroatoms. The number of benzene rings is 1. The molecule has 1 aromatic heterocycles. The summed E-state index contributed by atoms with van der Waals surface area (Å²) in [5.41, 5.74) is 3.25. The Morgan fingerprint density at radius 3 is 2.73 bits per heavy atom. The Hall–Kier alpha value is -2.41. The van der Waals surface area contributed by atoms with Gasteiger partial charge in [0.05, 0.1) is 30.2 Å². The molecule has 0 fully saturated rings. The van der Waals surface area contributed by atoms with Crippen molar-refractivity contribution in [3.8, 4) is 0 Å². The number of sulfone groups is 1. The third-order valence-corrected chi connectivity index (χ3v) is 6.34. The molecule has 2 aliphatic rings. The van der Waals surface area contributed by atoms with E-state index in [1.807, 2.05) is 27.8 Å². The fourth-order valence-corrected chi connectivity index (χ4v) is 4.95. The molecule has 1 aromatic carbocycles. The van der Waals surface area contributed by atoms with E-state index in [1.54, 1.807) is 6.08 Å². The second-order valence-corrected chi connectivity index (χ2v) is 8.88. The molecule has 0 radical (unpaired) electrons. The van der Waals surface area contributed by atoms with E-state index < -0.39 is 9.84 Å². The van der Waals surface area contributed by atoms with Gasteiger partial charge in [-0.25, -0.2) is 8.42 Å². The lowest BCUT2D eigenvalue weighted by atomic mass is 10.1. The van der Waals surface area contributed by atoms with E-state index in [0.29, 0.717) is 19.6 Å². The largest absolute Gasteiger partial charge is 0.335 e. The Balaban J connectivity index is 1.40. The molecular formula is C19H21N3O3S. The summed E-state index contributed by atoms with van der Waals surface area (Å²) >= 11 is 0. The van der Waals surface area contributed by atoms with E-state index in [2.05, 4.69) is 23.3 Å². The molecule has 0 bridgehead atoms. The van der Waals surface area contributed by atoms with Crippen molar-refractivity contribution in [1.29, 1.82) is 0 Å². The molecule has 0 aliphatic carbocycles. The molecule has 2 aliphatic heterocycles. The normalized spacial score (nSPS) is 20.9. The highest BCUT2D eigenvalue weighted by Crippen LogP contribution is 2.22. The summed E-state index contributed by atoms with van der Waals surface area (Å²) in [6, 6.07) is 12.3. The van der Waals surface area contributed by atoms with Crippen LogP contribution in [0.15, 0.2) is 47.9 Å². The summed E-state index contributed by atoms with van der Waals surface area (Å²) in [5.74, 6) is -0.145. The van der Waals surface area contributed by atoms with Crippen LogP contribution in [0.25, 0.3) is 0 Å². The number of nitrogens with zero attached hydrogens (tertiary/aromatic N) is 3. The first-order chi connectivity index (χ1) is 12.5. The maximum atomic E-state index is 12.5. The average molecular weight is 371 g/mol. The van der Waals surface area contributed by atoms with Gasteiger partial charge >= 0.3 is 0 Å². The maximum absolute atomic E-state index is 12.5. The monoisotopic (exact) mass is 371 g/mol. The summed E-state index contributed by atoms with van der Waals surface area (Å²) in [4.78, 5) is 14.3. The molecule has 1 unspecified atom stereocenters. The van der Waals surface area contributed by atoms with E-state index >= 15 is 0 Å². The SMILES string of the molecule is O=C(CC1C=CS(=O)(=O)C1)N1CCn2nc(Cc3ccccc3)cc2C1. The van der Waals surface area contributed by atoms with Crippen LogP contribution in [0.3, 0.4) is 0 Å². The van der Waals surface area contributed by atoms with Crippen molar-refractivity contribution in [2.24, 2.45) is 5.92 Å². The van der Waals surface area contributed by atoms with Gasteiger partial charge in [0, 0.05) is 30.7 Å². The Morgan fingerprint density at radius 2 is 2.00 bits per heavy atom. The molecule has 6 nitrogen and oxygen atoms in total. The molecule has 26 heavy (non-hydrogen) atoms. The Morgan fingerprint density at radius 1 is 1.19 bits per heavy atom. The van der Waals surface area contributed by atoms with Gasteiger partial charge in [-0.2, -0.15) is 5.10 Å². The highest BCUT2D eigenvalue weighted by atomic mass is 32.2. The second-order valence-electron chi connectivity index (χ2n) is 6.95. The minimum Gasteiger partial charge on any atom is -0.335 e. The minimum atomic E-state index is -3.11. The predicted octanol–water partition coefficient (Wildman–Crippen LogP) is 1.76. The van der Waals surface area contributed by atoms with Gasteiger partial charge in [-0.05, 0) is 11.6 Å². The summed E-state index contributed by atoms with van der Waals surface area (Å²) in [7, 11) is -3.11. The molecule has 1 atom stereocenters. The molecule has 4 rings (SSSR count). The highest BCUT2D eigenvalue weighted by molar-refractivity contribution is 7.94. The van der Waals surface area contributed by atoms with Crippen LogP contribution in [0.2, 0.25) is 0 Å². The molecular weight excluding hydrogens is 350 g/mol. The Labute approximate surface area is 153 Å². The lowest BCUT2D eigenvalue weighted by Gasteiger charge is -2.28. The molecule has 0 spiro atoms. The number of fused-ring (bicyclic) bond motifs is 1. The van der Waals surface area contributed by atoms with Crippen molar-refractivity contribution in [3.63, 3.8) is 0 Å². The van der Waals surface area contributed by atoms with Gasteiger partial charge in [0.25, 0.3) is 0 Å². The Bertz CT molecular complexity index is 948. The van der Waals surface area contributed by atoms with E-state index in [9.17, 15) is 13.2 Å². The van der Waals surface area contributed by atoms with Crippen LogP contribution in [0.5, 0.6) is 0 Å². The van der Waals surface area contributed by atoms with Gasteiger partial charge in [0.2, 0.25) is 5.91 Å². The molecule has 0 N–H and O–H groups in total. The summed E-state index contributed by atoms with van der Waals surface area (Å²) in [6.45, 7) is 1.82. The number of rotatable bonds is 4. The van der Waals surface area contributed by atoms with Crippen LogP contribution in [0.1, 0.15) is 23.4 Å². The average Bonchev–Trinajstić information content (AvgIpc) is 3.16. The minimum absolute atomic E-state index is 0.00816. The van der Waals surface area contributed by atoms with E-state index in [1.165, 1.54) is 11.0 Å². The van der Waals surface area contributed by atoms with Crippen molar-refractivity contribution in [2.75, 3.05) is 12.3 Å². The first-order valence-electron chi connectivity index (χ1n) is 8.77. The zero-order chi connectivity index (χ0) is 18.1. The van der Waals surface area contributed by atoms with Crippen LogP contribution in [0.4, 0.5) is 0 Å².